The summed E-state index contributed by atoms with van der Waals surface area (Å²) in [7, 11) is -4.26. The Balaban J connectivity index is 1.60. The number of aryl methyl sites for hydroxylation is 1. The normalized spacial score (nSPS) is 22.8. The minimum atomic E-state index is -3.77. The molecule has 2 heterocycles. The van der Waals surface area contributed by atoms with E-state index < -0.39 is 33.8 Å². The number of benzene rings is 3. The molecule has 194 valence electrons. The number of rotatable bonds is 6. The lowest BCUT2D eigenvalue weighted by molar-refractivity contribution is 0.00578. The second-order valence-electron chi connectivity index (χ2n) is 11.5. The zero-order chi connectivity index (χ0) is 26.5. The van der Waals surface area contributed by atoms with Crippen molar-refractivity contribution in [3.8, 4) is 0 Å². The van der Waals surface area contributed by atoms with Gasteiger partial charge in [0.05, 0.1) is 16.1 Å². The molecule has 2 aliphatic rings. The van der Waals surface area contributed by atoms with E-state index >= 15 is 0 Å². The third-order valence-corrected chi connectivity index (χ3v) is 10.4. The summed E-state index contributed by atoms with van der Waals surface area (Å²) in [6.07, 6.45) is 1.09. The molecular weight excluding hydrogens is 481 g/mol. The van der Waals surface area contributed by atoms with E-state index in [0.29, 0.717) is 24.2 Å². The second-order valence-corrected chi connectivity index (χ2v) is 13.3. The summed E-state index contributed by atoms with van der Waals surface area (Å²) in [6.45, 7) is 10.4. The zero-order valence-corrected chi connectivity index (χ0v) is 23.2. The Hall–Kier alpha value is -2.45. The number of hydrogen-bond donors (Lipinski definition) is 0. The van der Waals surface area contributed by atoms with Gasteiger partial charge in [-0.2, -0.15) is 4.31 Å². The lowest BCUT2D eigenvalue weighted by Gasteiger charge is -2.32. The van der Waals surface area contributed by atoms with Crippen LogP contribution in [0.5, 0.6) is 0 Å². The Kier molecular flexibility index (Phi) is 6.64. The van der Waals surface area contributed by atoms with E-state index in [9.17, 15) is 8.42 Å². The third-order valence-electron chi connectivity index (χ3n) is 8.46. The highest BCUT2D eigenvalue weighted by atomic mass is 32.2. The van der Waals surface area contributed by atoms with E-state index in [0.717, 1.165) is 16.7 Å². The zero-order valence-electron chi connectivity index (χ0n) is 22.3. The van der Waals surface area contributed by atoms with Crippen LogP contribution in [0.3, 0.4) is 0 Å². The van der Waals surface area contributed by atoms with Crippen LogP contribution in [0.15, 0.2) is 89.8 Å². The van der Waals surface area contributed by atoms with Crippen molar-refractivity contribution in [1.29, 1.82) is 0 Å². The van der Waals surface area contributed by atoms with Crippen molar-refractivity contribution in [2.45, 2.75) is 74.9 Å². The van der Waals surface area contributed by atoms with Gasteiger partial charge in [-0.25, -0.2) is 8.42 Å². The molecule has 0 aromatic heterocycles. The number of sulfonamides is 1. The minimum Gasteiger partial charge on any atom is -0.403 e. The van der Waals surface area contributed by atoms with E-state index in [4.69, 9.17) is 9.31 Å². The molecule has 0 radical (unpaired) electrons. The molecule has 0 amide bonds. The van der Waals surface area contributed by atoms with Gasteiger partial charge in [0, 0.05) is 18.0 Å². The third kappa shape index (κ3) is 4.67. The van der Waals surface area contributed by atoms with E-state index in [1.165, 1.54) is 0 Å². The molecule has 0 spiro atoms. The lowest BCUT2D eigenvalue weighted by atomic mass is 9.70. The van der Waals surface area contributed by atoms with Crippen molar-refractivity contribution in [3.05, 3.63) is 102 Å². The Bertz CT molecular complexity index is 1290. The fourth-order valence-electron chi connectivity index (χ4n) is 5.67. The Labute approximate surface area is 222 Å². The average molecular weight is 518 g/mol. The highest BCUT2D eigenvalue weighted by molar-refractivity contribution is 7.89. The standard InChI is InChI=1S/C30H36BNO4S/c1-23-16-18-27(19-17-23)37(33,34)32-22-30(24-12-8-6-9-13-24,25-14-10-7-11-15-25)20-26(32)21-31-35-28(2,3)29(4,5)36-31/h6-19,26H,20-22H2,1-5H3. The molecular formula is C30H36BNO4S. The van der Waals surface area contributed by atoms with Gasteiger partial charge in [-0.3, -0.25) is 0 Å². The molecule has 3 aromatic carbocycles. The maximum atomic E-state index is 14.2. The maximum absolute atomic E-state index is 14.2. The van der Waals surface area contributed by atoms with Crippen LogP contribution in [0.4, 0.5) is 0 Å². The molecule has 3 aromatic rings. The van der Waals surface area contributed by atoms with E-state index in [1.54, 1.807) is 16.4 Å². The first-order valence-electron chi connectivity index (χ1n) is 13.0. The molecule has 0 bridgehead atoms. The molecule has 7 heteroatoms. The summed E-state index contributed by atoms with van der Waals surface area (Å²) in [5.41, 5.74) is 1.80. The van der Waals surface area contributed by atoms with Gasteiger partial charge < -0.3 is 9.31 Å². The van der Waals surface area contributed by atoms with Crippen molar-refractivity contribution >= 4 is 17.1 Å². The van der Waals surface area contributed by atoms with Crippen LogP contribution in [0.1, 0.15) is 50.8 Å². The molecule has 2 saturated heterocycles. The minimum absolute atomic E-state index is 0.304. The van der Waals surface area contributed by atoms with Gasteiger partial charge in [0.15, 0.2) is 0 Å². The molecule has 1 atom stereocenters. The summed E-state index contributed by atoms with van der Waals surface area (Å²) < 4.78 is 42.7. The molecule has 2 aliphatic heterocycles. The molecule has 37 heavy (non-hydrogen) atoms. The van der Waals surface area contributed by atoms with E-state index in [1.807, 2.05) is 83.1 Å². The molecule has 2 fully saturated rings. The van der Waals surface area contributed by atoms with Crippen LogP contribution in [0, 0.1) is 6.92 Å². The van der Waals surface area contributed by atoms with Gasteiger partial charge in [-0.15, -0.1) is 0 Å². The quantitative estimate of drug-likeness (QED) is 0.386. The van der Waals surface area contributed by atoms with Gasteiger partial charge in [-0.1, -0.05) is 78.4 Å². The number of nitrogens with zero attached hydrogens (tertiary/aromatic N) is 1. The van der Waals surface area contributed by atoms with Crippen molar-refractivity contribution in [1.82, 2.24) is 4.31 Å². The molecule has 0 aliphatic carbocycles. The second kappa shape index (κ2) is 9.39. The summed E-state index contributed by atoms with van der Waals surface area (Å²) in [4.78, 5) is 0.314. The fourth-order valence-corrected chi connectivity index (χ4v) is 7.37. The SMILES string of the molecule is Cc1ccc(S(=O)(=O)N2CC(c3ccccc3)(c3ccccc3)CC2CB2OC(C)(C)C(C)(C)O2)cc1. The summed E-state index contributed by atoms with van der Waals surface area (Å²) in [5.74, 6) is 0. The smallest absolute Gasteiger partial charge is 0.403 e. The highest BCUT2D eigenvalue weighted by Gasteiger charge is 2.56. The van der Waals surface area contributed by atoms with Crippen LogP contribution in [-0.2, 0) is 24.7 Å². The van der Waals surface area contributed by atoms with Gasteiger partial charge in [0.2, 0.25) is 10.0 Å². The Morgan fingerprint density at radius 2 is 1.30 bits per heavy atom. The van der Waals surface area contributed by atoms with Crippen LogP contribution in [0.2, 0.25) is 6.32 Å². The van der Waals surface area contributed by atoms with Crippen molar-refractivity contribution in [2.24, 2.45) is 0 Å². The lowest BCUT2D eigenvalue weighted by Crippen LogP contribution is -2.41. The summed E-state index contributed by atoms with van der Waals surface area (Å²) >= 11 is 0. The highest BCUT2D eigenvalue weighted by Crippen LogP contribution is 2.48. The van der Waals surface area contributed by atoms with Gasteiger partial charge >= 0.3 is 7.12 Å². The van der Waals surface area contributed by atoms with Crippen molar-refractivity contribution < 1.29 is 17.7 Å². The van der Waals surface area contributed by atoms with Crippen LogP contribution < -0.4 is 0 Å². The number of hydrogen-bond acceptors (Lipinski definition) is 4. The first-order chi connectivity index (χ1) is 17.4. The van der Waals surface area contributed by atoms with E-state index in [2.05, 4.69) is 24.3 Å². The van der Waals surface area contributed by atoms with Crippen LogP contribution in [0.25, 0.3) is 0 Å². The van der Waals surface area contributed by atoms with E-state index in [-0.39, 0.29) is 6.04 Å². The van der Waals surface area contributed by atoms with Gasteiger partial charge in [0.25, 0.3) is 0 Å². The molecule has 5 rings (SSSR count). The molecule has 0 N–H and O–H groups in total. The summed E-state index contributed by atoms with van der Waals surface area (Å²) in [6, 6.07) is 27.4. The predicted molar refractivity (Wildman–Crippen MR) is 148 cm³/mol. The summed E-state index contributed by atoms with van der Waals surface area (Å²) in [5, 5.41) is 0. The fraction of sp³-hybridized carbons (Fsp3) is 0.400. The van der Waals surface area contributed by atoms with Gasteiger partial charge in [-0.05, 0) is 70.6 Å². The predicted octanol–water partition coefficient (Wildman–Crippen LogP) is 5.84. The largest absolute Gasteiger partial charge is 0.459 e. The average Bonchev–Trinajstić information content (AvgIpc) is 3.35. The first kappa shape index (κ1) is 26.2. The molecule has 0 saturated carbocycles. The molecule has 5 nitrogen and oxygen atoms in total. The van der Waals surface area contributed by atoms with Crippen molar-refractivity contribution in [3.63, 3.8) is 0 Å². The topological polar surface area (TPSA) is 55.8 Å². The Morgan fingerprint density at radius 3 is 1.78 bits per heavy atom. The van der Waals surface area contributed by atoms with Gasteiger partial charge in [0.1, 0.15) is 0 Å². The van der Waals surface area contributed by atoms with Crippen LogP contribution >= 0.6 is 0 Å². The van der Waals surface area contributed by atoms with Crippen LogP contribution in [-0.4, -0.2) is 43.6 Å². The first-order valence-corrected chi connectivity index (χ1v) is 14.4. The molecule has 1 unspecified atom stereocenters. The Morgan fingerprint density at radius 1 is 0.811 bits per heavy atom. The monoisotopic (exact) mass is 517 g/mol. The van der Waals surface area contributed by atoms with Crippen molar-refractivity contribution in [2.75, 3.05) is 6.54 Å². The maximum Gasteiger partial charge on any atom is 0.459 e.